The Balaban J connectivity index is 1.86. The second-order valence-electron chi connectivity index (χ2n) is 7.47. The number of nitrogens with zero attached hydrogens (tertiary/aromatic N) is 1. The lowest BCUT2D eigenvalue weighted by atomic mass is 9.89. The molecule has 1 atom stereocenters. The van der Waals surface area contributed by atoms with Gasteiger partial charge in [-0.05, 0) is 59.5 Å². The fourth-order valence-corrected chi connectivity index (χ4v) is 5.68. The molecule has 0 unspecified atom stereocenters. The van der Waals surface area contributed by atoms with E-state index in [0.717, 1.165) is 16.7 Å². The standard InChI is InChI=1S/C24H24N2O5S/c1-30-21-14-18-12-13-26(32(28,29)19-10-8-17(9-11-19)24(25)27)23(16-6-4-3-5-7-16)20(18)15-22(21)31-2/h3-11,14-15,23H,12-13H2,1-2H3,(H2,25,27)/t23-/m0/s1. The van der Waals surface area contributed by atoms with Crippen LogP contribution in [0.5, 0.6) is 11.5 Å². The molecule has 0 radical (unpaired) electrons. The topological polar surface area (TPSA) is 98.9 Å². The highest BCUT2D eigenvalue weighted by Crippen LogP contribution is 2.43. The Labute approximate surface area is 187 Å². The molecule has 7 nitrogen and oxygen atoms in total. The second-order valence-corrected chi connectivity index (χ2v) is 9.36. The second kappa shape index (κ2) is 8.64. The lowest BCUT2D eigenvalue weighted by molar-refractivity contribution is 0.1000. The molecule has 2 N–H and O–H groups in total. The number of fused-ring (bicyclic) bond motifs is 1. The molecule has 1 aliphatic rings. The van der Waals surface area contributed by atoms with Gasteiger partial charge < -0.3 is 15.2 Å². The lowest BCUT2D eigenvalue weighted by Gasteiger charge is -2.37. The monoisotopic (exact) mass is 452 g/mol. The lowest BCUT2D eigenvalue weighted by Crippen LogP contribution is -2.40. The summed E-state index contributed by atoms with van der Waals surface area (Å²) in [4.78, 5) is 11.5. The van der Waals surface area contributed by atoms with Crippen LogP contribution in [0.1, 0.15) is 33.1 Å². The molecule has 0 spiro atoms. The van der Waals surface area contributed by atoms with Gasteiger partial charge in [0, 0.05) is 12.1 Å². The van der Waals surface area contributed by atoms with Crippen molar-refractivity contribution in [3.8, 4) is 11.5 Å². The number of sulfonamides is 1. The molecule has 32 heavy (non-hydrogen) atoms. The van der Waals surface area contributed by atoms with Gasteiger partial charge in [-0.3, -0.25) is 4.79 Å². The number of carbonyl (C=O) groups excluding carboxylic acids is 1. The van der Waals surface area contributed by atoms with Crippen molar-refractivity contribution in [1.82, 2.24) is 4.31 Å². The summed E-state index contributed by atoms with van der Waals surface area (Å²) in [6, 6.07) is 18.4. The highest BCUT2D eigenvalue weighted by Gasteiger charge is 2.38. The summed E-state index contributed by atoms with van der Waals surface area (Å²) in [7, 11) is -0.738. The van der Waals surface area contributed by atoms with Gasteiger partial charge in [0.2, 0.25) is 15.9 Å². The summed E-state index contributed by atoms with van der Waals surface area (Å²) < 4.78 is 39.8. The number of benzene rings is 3. The zero-order valence-electron chi connectivity index (χ0n) is 17.8. The summed E-state index contributed by atoms with van der Waals surface area (Å²) in [5.74, 6) is 0.540. The molecule has 3 aromatic carbocycles. The van der Waals surface area contributed by atoms with E-state index in [4.69, 9.17) is 15.2 Å². The molecular weight excluding hydrogens is 428 g/mol. The number of ether oxygens (including phenoxy) is 2. The van der Waals surface area contributed by atoms with Gasteiger partial charge in [0.1, 0.15) is 0 Å². The Morgan fingerprint density at radius 1 is 0.969 bits per heavy atom. The zero-order chi connectivity index (χ0) is 22.9. The molecule has 0 saturated heterocycles. The maximum Gasteiger partial charge on any atom is 0.248 e. The SMILES string of the molecule is COc1cc2c(cc1OC)[C@H](c1ccccc1)N(S(=O)(=O)c1ccc(C(N)=O)cc1)CC2. The van der Waals surface area contributed by atoms with E-state index < -0.39 is 22.0 Å². The molecular formula is C24H24N2O5S. The number of amides is 1. The first kappa shape index (κ1) is 21.9. The van der Waals surface area contributed by atoms with Gasteiger partial charge in [-0.1, -0.05) is 30.3 Å². The summed E-state index contributed by atoms with van der Waals surface area (Å²) in [6.45, 7) is 0.294. The van der Waals surface area contributed by atoms with Crippen LogP contribution in [0.3, 0.4) is 0 Å². The molecule has 0 aliphatic carbocycles. The molecule has 0 aromatic heterocycles. The fraction of sp³-hybridized carbons (Fsp3) is 0.208. The number of hydrogen-bond acceptors (Lipinski definition) is 5. The van der Waals surface area contributed by atoms with Gasteiger partial charge in [-0.2, -0.15) is 4.31 Å². The van der Waals surface area contributed by atoms with Gasteiger partial charge in [-0.25, -0.2) is 8.42 Å². The van der Waals surface area contributed by atoms with E-state index in [2.05, 4.69) is 0 Å². The predicted molar refractivity (Wildman–Crippen MR) is 120 cm³/mol. The minimum Gasteiger partial charge on any atom is -0.493 e. The summed E-state index contributed by atoms with van der Waals surface area (Å²) in [5, 5.41) is 0. The number of hydrogen-bond donors (Lipinski definition) is 1. The molecule has 0 saturated carbocycles. The van der Waals surface area contributed by atoms with Gasteiger partial charge >= 0.3 is 0 Å². The van der Waals surface area contributed by atoms with E-state index in [1.54, 1.807) is 14.2 Å². The van der Waals surface area contributed by atoms with E-state index in [9.17, 15) is 13.2 Å². The fourth-order valence-electron chi connectivity index (χ4n) is 4.09. The van der Waals surface area contributed by atoms with Crippen molar-refractivity contribution in [3.63, 3.8) is 0 Å². The van der Waals surface area contributed by atoms with Crippen LogP contribution < -0.4 is 15.2 Å². The zero-order valence-corrected chi connectivity index (χ0v) is 18.6. The van der Waals surface area contributed by atoms with Crippen molar-refractivity contribution >= 4 is 15.9 Å². The van der Waals surface area contributed by atoms with Crippen molar-refractivity contribution in [3.05, 3.63) is 89.0 Å². The van der Waals surface area contributed by atoms with Gasteiger partial charge in [0.25, 0.3) is 0 Å². The first-order valence-corrected chi connectivity index (χ1v) is 11.5. The molecule has 1 amide bonds. The van der Waals surface area contributed by atoms with Crippen LogP contribution in [0.2, 0.25) is 0 Å². The number of carbonyl (C=O) groups is 1. The molecule has 4 rings (SSSR count). The van der Waals surface area contributed by atoms with Crippen LogP contribution in [0.25, 0.3) is 0 Å². The van der Waals surface area contributed by atoms with Crippen LogP contribution in [0, 0.1) is 0 Å². The highest BCUT2D eigenvalue weighted by molar-refractivity contribution is 7.89. The Bertz CT molecular complexity index is 1240. The van der Waals surface area contributed by atoms with Crippen LogP contribution >= 0.6 is 0 Å². The van der Waals surface area contributed by atoms with Crippen LogP contribution in [0.15, 0.2) is 71.6 Å². The third kappa shape index (κ3) is 3.83. The Hall–Kier alpha value is -3.36. The molecule has 0 fully saturated rings. The predicted octanol–water partition coefficient (Wildman–Crippen LogP) is 3.14. The van der Waals surface area contributed by atoms with Crippen molar-refractivity contribution in [2.24, 2.45) is 5.73 Å². The van der Waals surface area contributed by atoms with Crippen LogP contribution in [-0.4, -0.2) is 39.4 Å². The average molecular weight is 453 g/mol. The molecule has 1 heterocycles. The number of rotatable bonds is 6. The number of nitrogens with two attached hydrogens (primary N) is 1. The summed E-state index contributed by atoms with van der Waals surface area (Å²) in [5.41, 5.74) is 8.25. The Morgan fingerprint density at radius 2 is 1.59 bits per heavy atom. The highest BCUT2D eigenvalue weighted by atomic mass is 32.2. The number of methoxy groups -OCH3 is 2. The van der Waals surface area contributed by atoms with E-state index in [-0.39, 0.29) is 10.5 Å². The van der Waals surface area contributed by atoms with E-state index in [1.807, 2.05) is 42.5 Å². The average Bonchev–Trinajstić information content (AvgIpc) is 2.82. The Morgan fingerprint density at radius 3 is 2.19 bits per heavy atom. The van der Waals surface area contributed by atoms with Crippen LogP contribution in [-0.2, 0) is 16.4 Å². The number of primary amides is 1. The summed E-state index contributed by atoms with van der Waals surface area (Å²) in [6.07, 6.45) is 0.525. The van der Waals surface area contributed by atoms with Gasteiger partial charge in [0.15, 0.2) is 11.5 Å². The molecule has 166 valence electrons. The van der Waals surface area contributed by atoms with Crippen molar-refractivity contribution in [1.29, 1.82) is 0 Å². The minimum atomic E-state index is -3.87. The van der Waals surface area contributed by atoms with E-state index in [0.29, 0.717) is 24.5 Å². The van der Waals surface area contributed by atoms with Gasteiger partial charge in [0.05, 0.1) is 25.2 Å². The maximum atomic E-state index is 13.7. The van der Waals surface area contributed by atoms with Gasteiger partial charge in [-0.15, -0.1) is 0 Å². The molecule has 8 heteroatoms. The maximum absolute atomic E-state index is 13.7. The molecule has 1 aliphatic heterocycles. The normalized spacial score (nSPS) is 16.2. The molecule has 0 bridgehead atoms. The van der Waals surface area contributed by atoms with Crippen molar-refractivity contribution in [2.45, 2.75) is 17.4 Å². The van der Waals surface area contributed by atoms with Crippen LogP contribution in [0.4, 0.5) is 0 Å². The quantitative estimate of drug-likeness (QED) is 0.620. The van der Waals surface area contributed by atoms with Crippen molar-refractivity contribution < 1.29 is 22.7 Å². The summed E-state index contributed by atoms with van der Waals surface area (Å²) >= 11 is 0. The van der Waals surface area contributed by atoms with Crippen molar-refractivity contribution in [2.75, 3.05) is 20.8 Å². The smallest absolute Gasteiger partial charge is 0.248 e. The molecule has 3 aromatic rings. The third-order valence-electron chi connectivity index (χ3n) is 5.69. The van der Waals surface area contributed by atoms with E-state index in [1.165, 1.54) is 28.6 Å². The van der Waals surface area contributed by atoms with E-state index >= 15 is 0 Å². The first-order valence-electron chi connectivity index (χ1n) is 10.1. The minimum absolute atomic E-state index is 0.104. The Kier molecular flexibility index (Phi) is 5.90. The first-order chi connectivity index (χ1) is 15.4. The largest absolute Gasteiger partial charge is 0.493 e. The third-order valence-corrected chi connectivity index (χ3v) is 7.57.